The van der Waals surface area contributed by atoms with E-state index in [1.54, 1.807) is 22.3 Å². The Hall–Kier alpha value is -2.09. The van der Waals surface area contributed by atoms with Gasteiger partial charge < -0.3 is 10.4 Å². The second kappa shape index (κ2) is 6.78. The third-order valence-corrected chi connectivity index (χ3v) is 4.25. The molecule has 0 aliphatic carbocycles. The van der Waals surface area contributed by atoms with Gasteiger partial charge in [-0.15, -0.1) is 5.10 Å². The fraction of sp³-hybridized carbons (Fsp3) is 0.267. The van der Waals surface area contributed by atoms with Crippen LogP contribution in [0.4, 0.5) is 0 Å². The van der Waals surface area contributed by atoms with Crippen LogP contribution >= 0.6 is 11.3 Å². The highest BCUT2D eigenvalue weighted by Crippen LogP contribution is 2.18. The van der Waals surface area contributed by atoms with Crippen molar-refractivity contribution in [3.8, 4) is 5.69 Å². The van der Waals surface area contributed by atoms with E-state index < -0.39 is 6.10 Å². The van der Waals surface area contributed by atoms with Gasteiger partial charge in [-0.3, -0.25) is 0 Å². The number of nitrogens with one attached hydrogen (secondary N) is 1. The van der Waals surface area contributed by atoms with Gasteiger partial charge in [0.15, 0.2) is 0 Å². The molecule has 0 bridgehead atoms. The predicted octanol–water partition coefficient (Wildman–Crippen LogP) is 2.11. The van der Waals surface area contributed by atoms with Crippen molar-refractivity contribution in [2.24, 2.45) is 0 Å². The summed E-state index contributed by atoms with van der Waals surface area (Å²) < 4.78 is 1.61. The molecule has 0 saturated heterocycles. The highest BCUT2D eigenvalue weighted by Gasteiger charge is 2.11. The van der Waals surface area contributed by atoms with Crippen molar-refractivity contribution < 1.29 is 5.11 Å². The van der Waals surface area contributed by atoms with E-state index in [1.165, 1.54) is 0 Å². The molecule has 0 radical (unpaired) electrons. The van der Waals surface area contributed by atoms with Crippen LogP contribution < -0.4 is 5.32 Å². The molecule has 2 N–H and O–H groups in total. The summed E-state index contributed by atoms with van der Waals surface area (Å²) in [5.41, 5.74) is 3.02. The van der Waals surface area contributed by atoms with E-state index >= 15 is 0 Å². The lowest BCUT2D eigenvalue weighted by Crippen LogP contribution is -2.24. The molecule has 2 atom stereocenters. The monoisotopic (exact) mass is 315 g/mol. The Labute approximate surface area is 132 Å². The number of thiophene rings is 1. The number of aromatic nitrogens is 4. The molecule has 2 heterocycles. The van der Waals surface area contributed by atoms with Crippen LogP contribution in [-0.4, -0.2) is 31.9 Å². The molecular formula is C15H17N5OS. The first-order valence-electron chi connectivity index (χ1n) is 7.01. The van der Waals surface area contributed by atoms with Crippen molar-refractivity contribution in [3.05, 3.63) is 58.5 Å². The first-order valence-corrected chi connectivity index (χ1v) is 7.95. The van der Waals surface area contributed by atoms with Crippen LogP contribution in [0.2, 0.25) is 0 Å². The van der Waals surface area contributed by atoms with E-state index in [0.29, 0.717) is 6.54 Å². The average Bonchev–Trinajstić information content (AvgIpc) is 3.25. The van der Waals surface area contributed by atoms with E-state index in [2.05, 4.69) is 27.8 Å². The number of hydrogen-bond donors (Lipinski definition) is 2. The lowest BCUT2D eigenvalue weighted by Gasteiger charge is -2.17. The number of nitrogens with zero attached hydrogens (tertiary/aromatic N) is 4. The molecule has 1 aromatic carbocycles. The maximum atomic E-state index is 10.1. The highest BCUT2D eigenvalue weighted by atomic mass is 32.1. The normalized spacial score (nSPS) is 13.9. The van der Waals surface area contributed by atoms with Crippen molar-refractivity contribution in [1.82, 2.24) is 25.5 Å². The molecule has 3 aromatic rings. The zero-order valence-corrected chi connectivity index (χ0v) is 12.9. The third kappa shape index (κ3) is 3.38. The summed E-state index contributed by atoms with van der Waals surface area (Å²) in [7, 11) is 0. The molecule has 2 unspecified atom stereocenters. The van der Waals surface area contributed by atoms with Gasteiger partial charge in [-0.1, -0.05) is 12.1 Å². The molecule has 0 aliphatic heterocycles. The Bertz CT molecular complexity index is 681. The molecular weight excluding hydrogens is 298 g/mol. The third-order valence-electron chi connectivity index (χ3n) is 3.55. The molecule has 0 aliphatic rings. The molecule has 3 rings (SSSR count). The van der Waals surface area contributed by atoms with Gasteiger partial charge in [-0.25, -0.2) is 4.68 Å². The van der Waals surface area contributed by atoms with E-state index in [4.69, 9.17) is 0 Å². The standard InChI is InChI=1S/C15H17N5OS/c1-11(16-8-15(21)13-6-7-22-9-13)12-2-4-14(5-3-12)20-10-17-18-19-20/h2-7,9-11,15-16,21H,8H2,1H3. The Morgan fingerprint density at radius 3 is 2.68 bits per heavy atom. The number of aliphatic hydroxyl groups is 1. The van der Waals surface area contributed by atoms with Crippen LogP contribution in [0.15, 0.2) is 47.4 Å². The lowest BCUT2D eigenvalue weighted by molar-refractivity contribution is 0.171. The van der Waals surface area contributed by atoms with Crippen LogP contribution in [0, 0.1) is 0 Å². The maximum absolute atomic E-state index is 10.1. The minimum atomic E-state index is -0.478. The summed E-state index contributed by atoms with van der Waals surface area (Å²) in [5, 5.41) is 28.5. The van der Waals surface area contributed by atoms with Gasteiger partial charge in [0.25, 0.3) is 0 Å². The number of tetrazole rings is 1. The quantitative estimate of drug-likeness (QED) is 0.728. The van der Waals surface area contributed by atoms with Crippen molar-refractivity contribution >= 4 is 11.3 Å². The predicted molar refractivity (Wildman–Crippen MR) is 84.9 cm³/mol. The smallest absolute Gasteiger partial charge is 0.143 e. The average molecular weight is 315 g/mol. The molecule has 22 heavy (non-hydrogen) atoms. The Morgan fingerprint density at radius 2 is 2.05 bits per heavy atom. The SMILES string of the molecule is CC(NCC(O)c1ccsc1)c1ccc(-n2cnnn2)cc1. The topological polar surface area (TPSA) is 75.9 Å². The van der Waals surface area contributed by atoms with Crippen molar-refractivity contribution in [2.45, 2.75) is 19.1 Å². The van der Waals surface area contributed by atoms with Crippen molar-refractivity contribution in [2.75, 3.05) is 6.54 Å². The minimum absolute atomic E-state index is 0.149. The highest BCUT2D eigenvalue weighted by molar-refractivity contribution is 7.07. The largest absolute Gasteiger partial charge is 0.387 e. The van der Waals surface area contributed by atoms with E-state index in [-0.39, 0.29) is 6.04 Å². The molecule has 114 valence electrons. The van der Waals surface area contributed by atoms with Crippen molar-refractivity contribution in [1.29, 1.82) is 0 Å². The first kappa shape index (κ1) is 14.8. The first-order chi connectivity index (χ1) is 10.7. The van der Waals surface area contributed by atoms with Gasteiger partial charge in [-0.05, 0) is 57.4 Å². The number of hydrogen-bond acceptors (Lipinski definition) is 6. The number of benzene rings is 1. The summed E-state index contributed by atoms with van der Waals surface area (Å²) in [5.74, 6) is 0. The molecule has 0 spiro atoms. The van der Waals surface area contributed by atoms with E-state index in [0.717, 1.165) is 16.8 Å². The van der Waals surface area contributed by atoms with Gasteiger partial charge in [0, 0.05) is 12.6 Å². The summed E-state index contributed by atoms with van der Waals surface area (Å²) in [4.78, 5) is 0. The fourth-order valence-corrected chi connectivity index (χ4v) is 2.89. The van der Waals surface area contributed by atoms with Crippen LogP contribution in [0.25, 0.3) is 5.69 Å². The Morgan fingerprint density at radius 1 is 1.23 bits per heavy atom. The zero-order chi connectivity index (χ0) is 15.4. The summed E-state index contributed by atoms with van der Waals surface area (Å²) in [6.45, 7) is 2.60. The van der Waals surface area contributed by atoms with Crippen molar-refractivity contribution in [3.63, 3.8) is 0 Å². The minimum Gasteiger partial charge on any atom is -0.387 e. The Kier molecular flexibility index (Phi) is 4.57. The molecule has 2 aromatic heterocycles. The second-order valence-electron chi connectivity index (χ2n) is 5.05. The van der Waals surface area contributed by atoms with Gasteiger partial charge in [0.1, 0.15) is 6.33 Å². The summed E-state index contributed by atoms with van der Waals surface area (Å²) in [6, 6.07) is 10.1. The number of rotatable bonds is 6. The maximum Gasteiger partial charge on any atom is 0.143 e. The zero-order valence-electron chi connectivity index (χ0n) is 12.1. The molecule has 0 saturated carbocycles. The summed E-state index contributed by atoms with van der Waals surface area (Å²) >= 11 is 1.59. The van der Waals surface area contributed by atoms with E-state index in [1.807, 2.05) is 41.1 Å². The van der Waals surface area contributed by atoms with Crippen LogP contribution in [-0.2, 0) is 0 Å². The molecule has 0 fully saturated rings. The summed E-state index contributed by atoms with van der Waals surface area (Å²) in [6.07, 6.45) is 1.09. The van der Waals surface area contributed by atoms with Crippen LogP contribution in [0.3, 0.4) is 0 Å². The molecule has 7 heteroatoms. The number of aliphatic hydroxyl groups excluding tert-OH is 1. The second-order valence-corrected chi connectivity index (χ2v) is 5.83. The van der Waals surface area contributed by atoms with Gasteiger partial charge in [0.2, 0.25) is 0 Å². The van der Waals surface area contributed by atoms with Crippen LogP contribution in [0.5, 0.6) is 0 Å². The molecule has 0 amide bonds. The van der Waals surface area contributed by atoms with Gasteiger partial charge in [-0.2, -0.15) is 11.3 Å². The van der Waals surface area contributed by atoms with Gasteiger partial charge >= 0.3 is 0 Å². The molecule has 6 nitrogen and oxygen atoms in total. The van der Waals surface area contributed by atoms with E-state index in [9.17, 15) is 5.11 Å². The Balaban J connectivity index is 1.59. The van der Waals surface area contributed by atoms with Gasteiger partial charge in [0.05, 0.1) is 11.8 Å². The van der Waals surface area contributed by atoms with Crippen LogP contribution in [0.1, 0.15) is 30.2 Å². The lowest BCUT2D eigenvalue weighted by atomic mass is 10.1. The fourth-order valence-electron chi connectivity index (χ4n) is 2.18.